The second-order valence-corrected chi connectivity index (χ2v) is 9.29. The first-order valence-electron chi connectivity index (χ1n) is 11.5. The summed E-state index contributed by atoms with van der Waals surface area (Å²) in [6, 6.07) is 13.9. The number of rotatable bonds is 6. The minimum Gasteiger partial charge on any atom is -0.494 e. The van der Waals surface area contributed by atoms with Gasteiger partial charge in [0.15, 0.2) is 5.88 Å². The zero-order valence-corrected chi connectivity index (χ0v) is 20.1. The van der Waals surface area contributed by atoms with Gasteiger partial charge in [-0.2, -0.15) is 0 Å². The molecule has 3 heterocycles. The highest BCUT2D eigenvalue weighted by molar-refractivity contribution is 6.32. The molecule has 0 aliphatic carbocycles. The monoisotopic (exact) mass is 491 g/mol. The van der Waals surface area contributed by atoms with Crippen LogP contribution in [0.1, 0.15) is 31.8 Å². The van der Waals surface area contributed by atoms with Crippen LogP contribution in [0.2, 0.25) is 5.02 Å². The number of aromatic hydroxyl groups is 1. The predicted molar refractivity (Wildman–Crippen MR) is 136 cm³/mol. The molecule has 35 heavy (non-hydrogen) atoms. The van der Waals surface area contributed by atoms with Crippen molar-refractivity contribution in [2.45, 2.75) is 0 Å². The van der Waals surface area contributed by atoms with Crippen LogP contribution >= 0.6 is 11.6 Å². The number of fused-ring (bicyclic) bond motifs is 1. The Balaban J connectivity index is 1.33. The molecule has 0 atom stereocenters. The molecule has 0 unspecified atom stereocenters. The third kappa shape index (κ3) is 4.73. The number of aliphatic imine (C=N–C) groups is 1. The highest BCUT2D eigenvalue weighted by Gasteiger charge is 2.33. The van der Waals surface area contributed by atoms with Gasteiger partial charge in [-0.1, -0.05) is 35.9 Å². The van der Waals surface area contributed by atoms with Crippen molar-refractivity contribution in [1.29, 1.82) is 0 Å². The number of hydrogen-bond donors (Lipinski definition) is 3. The van der Waals surface area contributed by atoms with E-state index in [0.717, 1.165) is 32.7 Å². The largest absolute Gasteiger partial charge is 0.494 e. The number of carbonyl (C=O) groups is 2. The Morgan fingerprint density at radius 3 is 2.57 bits per heavy atom. The van der Waals surface area contributed by atoms with Crippen LogP contribution in [0.25, 0.3) is 11.3 Å². The van der Waals surface area contributed by atoms with Crippen LogP contribution < -0.4 is 5.32 Å². The van der Waals surface area contributed by atoms with Gasteiger partial charge in [-0.3, -0.25) is 14.5 Å². The van der Waals surface area contributed by atoms with Crippen molar-refractivity contribution in [2.75, 3.05) is 46.3 Å². The van der Waals surface area contributed by atoms with Crippen LogP contribution in [0.3, 0.4) is 0 Å². The number of aromatic amines is 1. The number of aromatic nitrogens is 1. The number of amides is 2. The Morgan fingerprint density at radius 2 is 1.83 bits per heavy atom. The summed E-state index contributed by atoms with van der Waals surface area (Å²) in [6.45, 7) is 5.42. The molecule has 3 aromatic rings. The topological polar surface area (TPSA) is 101 Å². The minimum absolute atomic E-state index is 0.142. The van der Waals surface area contributed by atoms with Crippen molar-refractivity contribution in [1.82, 2.24) is 20.1 Å². The summed E-state index contributed by atoms with van der Waals surface area (Å²) in [5, 5.41) is 14.2. The van der Waals surface area contributed by atoms with Crippen LogP contribution in [0.15, 0.2) is 53.5 Å². The first-order chi connectivity index (χ1) is 16.9. The van der Waals surface area contributed by atoms with Crippen molar-refractivity contribution >= 4 is 29.1 Å². The Labute approximate surface area is 208 Å². The second kappa shape index (κ2) is 9.65. The van der Waals surface area contributed by atoms with Crippen LogP contribution in [0.5, 0.6) is 5.88 Å². The smallest absolute Gasteiger partial charge is 0.280 e. The van der Waals surface area contributed by atoms with E-state index in [1.54, 1.807) is 48.5 Å². The summed E-state index contributed by atoms with van der Waals surface area (Å²) < 4.78 is 0. The standard InChI is InChI=1S/C26H26ClN5O3/c1-31-11-13-32(14-12-31)10-9-28-24(33)18-4-2-3-17(15-18)23-21-20(25(34)30-23)22(29-26(21)35)16-5-7-19(27)8-6-16/h2-8,15,30,34H,9-14H2,1H3,(H,28,33). The molecule has 0 radical (unpaired) electrons. The number of H-pyrrole nitrogens is 1. The SMILES string of the molecule is CN1CCN(CCNC(=O)c2cccc(-c3[nH]c(O)c4c3C(=O)N=C4c3ccc(Cl)cc3)c2)CC1. The molecule has 1 aromatic heterocycles. The number of nitrogens with zero attached hydrogens (tertiary/aromatic N) is 3. The van der Waals surface area contributed by atoms with Crippen molar-refractivity contribution in [3.63, 3.8) is 0 Å². The van der Waals surface area contributed by atoms with E-state index in [4.69, 9.17) is 11.6 Å². The first kappa shape index (κ1) is 23.3. The highest BCUT2D eigenvalue weighted by atomic mass is 35.5. The summed E-state index contributed by atoms with van der Waals surface area (Å²) in [5.41, 5.74) is 3.24. The zero-order chi connectivity index (χ0) is 24.5. The predicted octanol–water partition coefficient (Wildman–Crippen LogP) is 3.01. The van der Waals surface area contributed by atoms with Gasteiger partial charge in [-0.05, 0) is 36.9 Å². The lowest BCUT2D eigenvalue weighted by molar-refractivity contribution is 0.0940. The van der Waals surface area contributed by atoms with Crippen LogP contribution in [0.4, 0.5) is 0 Å². The van der Waals surface area contributed by atoms with E-state index < -0.39 is 5.91 Å². The normalized spacial score (nSPS) is 16.3. The van der Waals surface area contributed by atoms with Crippen molar-refractivity contribution in [3.8, 4) is 17.1 Å². The number of hydrogen-bond acceptors (Lipinski definition) is 5. The number of carbonyl (C=O) groups excluding carboxylic acids is 2. The Morgan fingerprint density at radius 1 is 1.09 bits per heavy atom. The van der Waals surface area contributed by atoms with Crippen molar-refractivity contribution in [2.24, 2.45) is 4.99 Å². The molecule has 180 valence electrons. The average Bonchev–Trinajstić information content (AvgIpc) is 3.39. The first-order valence-corrected chi connectivity index (χ1v) is 11.9. The van der Waals surface area contributed by atoms with E-state index in [9.17, 15) is 14.7 Å². The van der Waals surface area contributed by atoms with E-state index in [2.05, 4.69) is 32.1 Å². The quantitative estimate of drug-likeness (QED) is 0.492. The summed E-state index contributed by atoms with van der Waals surface area (Å²) in [4.78, 5) is 37.3. The summed E-state index contributed by atoms with van der Waals surface area (Å²) in [5.74, 6) is -0.770. The molecule has 0 bridgehead atoms. The van der Waals surface area contributed by atoms with Gasteiger partial charge in [0.05, 0.1) is 22.5 Å². The molecule has 1 fully saturated rings. The fraction of sp³-hybridized carbons (Fsp3) is 0.269. The maximum atomic E-state index is 12.8. The Kier molecular flexibility index (Phi) is 6.42. The van der Waals surface area contributed by atoms with Gasteiger partial charge in [-0.15, -0.1) is 0 Å². The molecule has 9 heteroatoms. The molecular formula is C26H26ClN5O3. The molecule has 2 aliphatic heterocycles. The van der Waals surface area contributed by atoms with E-state index in [1.807, 2.05) is 0 Å². The zero-order valence-electron chi connectivity index (χ0n) is 19.3. The van der Waals surface area contributed by atoms with Gasteiger partial charge >= 0.3 is 0 Å². The number of piperazine rings is 1. The second-order valence-electron chi connectivity index (χ2n) is 8.85. The Hall–Kier alpha value is -3.46. The molecule has 3 N–H and O–H groups in total. The molecule has 0 saturated carbocycles. The van der Waals surface area contributed by atoms with Crippen LogP contribution in [-0.2, 0) is 0 Å². The van der Waals surface area contributed by atoms with Gasteiger partial charge in [0.1, 0.15) is 0 Å². The van der Waals surface area contributed by atoms with Gasteiger partial charge in [0.25, 0.3) is 11.8 Å². The fourth-order valence-electron chi connectivity index (χ4n) is 4.49. The molecule has 8 nitrogen and oxygen atoms in total. The maximum Gasteiger partial charge on any atom is 0.280 e. The number of likely N-dealkylation sites (N-methyl/N-ethyl adjacent to an activating group) is 1. The number of nitrogens with one attached hydrogen (secondary N) is 2. The number of benzene rings is 2. The van der Waals surface area contributed by atoms with Gasteiger partial charge in [-0.25, -0.2) is 4.99 Å². The van der Waals surface area contributed by atoms with E-state index >= 15 is 0 Å². The van der Waals surface area contributed by atoms with Crippen LogP contribution in [0, 0.1) is 0 Å². The molecule has 5 rings (SSSR count). The third-order valence-electron chi connectivity index (χ3n) is 6.48. The Bertz CT molecular complexity index is 1310. The van der Waals surface area contributed by atoms with Gasteiger partial charge in [0, 0.05) is 55.4 Å². The lowest BCUT2D eigenvalue weighted by Gasteiger charge is -2.32. The average molecular weight is 492 g/mol. The molecule has 2 aliphatic rings. The lowest BCUT2D eigenvalue weighted by Crippen LogP contribution is -2.46. The summed E-state index contributed by atoms with van der Waals surface area (Å²) in [7, 11) is 2.11. The highest BCUT2D eigenvalue weighted by Crippen LogP contribution is 2.38. The minimum atomic E-state index is -0.446. The third-order valence-corrected chi connectivity index (χ3v) is 6.74. The molecule has 2 aromatic carbocycles. The lowest BCUT2D eigenvalue weighted by atomic mass is 9.99. The van der Waals surface area contributed by atoms with E-state index in [1.165, 1.54) is 0 Å². The maximum absolute atomic E-state index is 12.8. The molecule has 1 saturated heterocycles. The van der Waals surface area contributed by atoms with Crippen molar-refractivity contribution < 1.29 is 14.7 Å². The van der Waals surface area contributed by atoms with Crippen molar-refractivity contribution in [3.05, 3.63) is 75.8 Å². The molecule has 2 amide bonds. The van der Waals surface area contributed by atoms with Gasteiger partial charge in [0.2, 0.25) is 0 Å². The molecular weight excluding hydrogens is 466 g/mol. The van der Waals surface area contributed by atoms with E-state index in [-0.39, 0.29) is 11.8 Å². The summed E-state index contributed by atoms with van der Waals surface area (Å²) >= 11 is 5.98. The van der Waals surface area contributed by atoms with E-state index in [0.29, 0.717) is 50.8 Å². The number of halogens is 1. The van der Waals surface area contributed by atoms with Gasteiger partial charge < -0.3 is 20.3 Å². The molecule has 0 spiro atoms. The fourth-order valence-corrected chi connectivity index (χ4v) is 4.62. The summed E-state index contributed by atoms with van der Waals surface area (Å²) in [6.07, 6.45) is 0. The van der Waals surface area contributed by atoms with Crippen LogP contribution in [-0.4, -0.2) is 83.7 Å².